The van der Waals surface area contributed by atoms with E-state index >= 15 is 0 Å². The number of hydrogen-bond donors (Lipinski definition) is 2. The second kappa shape index (κ2) is 6.02. The highest BCUT2D eigenvalue weighted by molar-refractivity contribution is 5.98. The highest BCUT2D eigenvalue weighted by Crippen LogP contribution is 2.32. The molecule has 0 saturated carbocycles. The van der Waals surface area contributed by atoms with Gasteiger partial charge >= 0.3 is 0 Å². The van der Waals surface area contributed by atoms with E-state index in [1.807, 2.05) is 47.8 Å². The molecule has 5 rings (SSSR count). The van der Waals surface area contributed by atoms with Crippen LogP contribution in [-0.4, -0.2) is 38.8 Å². The minimum atomic E-state index is 0.126. The van der Waals surface area contributed by atoms with Crippen molar-refractivity contribution in [3.05, 3.63) is 66.1 Å². The largest absolute Gasteiger partial charge is 0.361 e. The molecule has 0 radical (unpaired) electrons. The van der Waals surface area contributed by atoms with Gasteiger partial charge in [0.15, 0.2) is 0 Å². The van der Waals surface area contributed by atoms with Crippen molar-refractivity contribution in [2.75, 3.05) is 13.1 Å². The number of likely N-dealkylation sites (tertiary alicyclic amines) is 1. The number of aromatic nitrogens is 3. The SMILES string of the molecule is O=C(c1ccc2cc[nH]c2c1)N1CCC(c2ccnc3[nH]ccc23)CC1. The molecule has 1 amide bonds. The second-order valence-electron chi connectivity index (χ2n) is 6.99. The maximum Gasteiger partial charge on any atom is 0.253 e. The predicted octanol–water partition coefficient (Wildman–Crippen LogP) is 4.06. The van der Waals surface area contributed by atoms with Gasteiger partial charge in [-0.25, -0.2) is 4.98 Å². The molecule has 0 spiro atoms. The van der Waals surface area contributed by atoms with Crippen molar-refractivity contribution in [1.29, 1.82) is 0 Å². The number of carbonyl (C=O) groups excluding carboxylic acids is 1. The molecule has 26 heavy (non-hydrogen) atoms. The van der Waals surface area contributed by atoms with Crippen LogP contribution in [0.2, 0.25) is 0 Å². The summed E-state index contributed by atoms with van der Waals surface area (Å²) in [5.74, 6) is 0.604. The molecule has 4 heterocycles. The number of nitrogens with one attached hydrogen (secondary N) is 2. The average Bonchev–Trinajstić information content (AvgIpc) is 3.35. The lowest BCUT2D eigenvalue weighted by atomic mass is 9.88. The van der Waals surface area contributed by atoms with Gasteiger partial charge in [0.1, 0.15) is 5.65 Å². The van der Waals surface area contributed by atoms with Crippen LogP contribution in [0.15, 0.2) is 55.0 Å². The fourth-order valence-corrected chi connectivity index (χ4v) is 4.10. The lowest BCUT2D eigenvalue weighted by Gasteiger charge is -2.32. The Morgan fingerprint density at radius 1 is 1.04 bits per heavy atom. The number of pyridine rings is 1. The molecule has 3 aromatic heterocycles. The third-order valence-electron chi connectivity index (χ3n) is 5.52. The number of hydrogen-bond acceptors (Lipinski definition) is 2. The van der Waals surface area contributed by atoms with E-state index in [9.17, 15) is 4.79 Å². The van der Waals surface area contributed by atoms with Crippen LogP contribution in [0.3, 0.4) is 0 Å². The Morgan fingerprint density at radius 2 is 1.88 bits per heavy atom. The first-order chi connectivity index (χ1) is 12.8. The first-order valence-corrected chi connectivity index (χ1v) is 9.08. The minimum Gasteiger partial charge on any atom is -0.361 e. The number of carbonyl (C=O) groups is 1. The van der Waals surface area contributed by atoms with Gasteiger partial charge in [-0.1, -0.05) is 6.07 Å². The monoisotopic (exact) mass is 344 g/mol. The summed E-state index contributed by atoms with van der Waals surface area (Å²) in [6.07, 6.45) is 7.69. The molecule has 2 N–H and O–H groups in total. The summed E-state index contributed by atoms with van der Waals surface area (Å²) >= 11 is 0. The van der Waals surface area contributed by atoms with Gasteiger partial charge in [-0.3, -0.25) is 4.79 Å². The number of rotatable bonds is 2. The Kier molecular flexibility index (Phi) is 3.52. The summed E-state index contributed by atoms with van der Waals surface area (Å²) in [5.41, 5.74) is 4.06. The van der Waals surface area contributed by atoms with Crippen molar-refractivity contribution in [3.63, 3.8) is 0 Å². The molecule has 0 aliphatic carbocycles. The van der Waals surface area contributed by atoms with Gasteiger partial charge in [-0.05, 0) is 60.0 Å². The smallest absolute Gasteiger partial charge is 0.253 e. The molecular formula is C21H20N4O. The number of piperidine rings is 1. The molecule has 0 atom stereocenters. The van der Waals surface area contributed by atoms with Crippen molar-refractivity contribution in [2.24, 2.45) is 0 Å². The van der Waals surface area contributed by atoms with Crippen LogP contribution in [-0.2, 0) is 0 Å². The number of aromatic amines is 2. The molecule has 1 aromatic carbocycles. The molecule has 1 fully saturated rings. The van der Waals surface area contributed by atoms with Crippen LogP contribution in [0.1, 0.15) is 34.7 Å². The van der Waals surface area contributed by atoms with Gasteiger partial charge in [0.05, 0.1) is 0 Å². The molecule has 5 heteroatoms. The second-order valence-corrected chi connectivity index (χ2v) is 6.99. The molecule has 0 bridgehead atoms. The number of H-pyrrole nitrogens is 2. The van der Waals surface area contributed by atoms with Crippen LogP contribution >= 0.6 is 0 Å². The predicted molar refractivity (Wildman–Crippen MR) is 102 cm³/mol. The lowest BCUT2D eigenvalue weighted by molar-refractivity contribution is 0.0713. The topological polar surface area (TPSA) is 64.8 Å². The number of benzene rings is 1. The Balaban J connectivity index is 1.33. The minimum absolute atomic E-state index is 0.126. The first-order valence-electron chi connectivity index (χ1n) is 9.08. The highest BCUT2D eigenvalue weighted by Gasteiger charge is 2.26. The molecule has 1 saturated heterocycles. The molecule has 4 aromatic rings. The highest BCUT2D eigenvalue weighted by atomic mass is 16.2. The summed E-state index contributed by atoms with van der Waals surface area (Å²) in [6, 6.07) is 12.1. The molecule has 0 unspecified atom stereocenters. The van der Waals surface area contributed by atoms with Gasteiger partial charge in [0.25, 0.3) is 5.91 Å². The van der Waals surface area contributed by atoms with Gasteiger partial charge in [0, 0.05) is 48.1 Å². The van der Waals surface area contributed by atoms with E-state index < -0.39 is 0 Å². The van der Waals surface area contributed by atoms with E-state index in [0.29, 0.717) is 5.92 Å². The van der Waals surface area contributed by atoms with Crippen LogP contribution in [0, 0.1) is 0 Å². The number of amides is 1. The van der Waals surface area contributed by atoms with Crippen molar-refractivity contribution >= 4 is 27.8 Å². The Labute approximate surface area is 151 Å². The van der Waals surface area contributed by atoms with Crippen LogP contribution in [0.5, 0.6) is 0 Å². The van der Waals surface area contributed by atoms with Gasteiger partial charge < -0.3 is 14.9 Å². The first kappa shape index (κ1) is 15.2. The lowest BCUT2D eigenvalue weighted by Crippen LogP contribution is -2.37. The molecule has 1 aliphatic heterocycles. The zero-order chi connectivity index (χ0) is 17.5. The Morgan fingerprint density at radius 3 is 2.77 bits per heavy atom. The number of nitrogens with zero attached hydrogens (tertiary/aromatic N) is 2. The van der Waals surface area contributed by atoms with Crippen molar-refractivity contribution in [1.82, 2.24) is 19.9 Å². The maximum atomic E-state index is 12.9. The van der Waals surface area contributed by atoms with Crippen molar-refractivity contribution < 1.29 is 4.79 Å². The standard InChI is InChI=1S/C21H20N4O/c26-21(16-2-1-15-3-8-22-19(15)13-16)25-11-6-14(7-12-25)17-4-9-23-20-18(17)5-10-24-20/h1-5,8-10,13-14,22H,6-7,11-12H2,(H,23,24). The third-order valence-corrected chi connectivity index (χ3v) is 5.52. The zero-order valence-corrected chi connectivity index (χ0v) is 14.4. The van der Waals surface area contributed by atoms with E-state index in [1.54, 1.807) is 0 Å². The maximum absolute atomic E-state index is 12.9. The summed E-state index contributed by atoms with van der Waals surface area (Å²) < 4.78 is 0. The third kappa shape index (κ3) is 2.47. The summed E-state index contributed by atoms with van der Waals surface area (Å²) in [5, 5.41) is 2.34. The van der Waals surface area contributed by atoms with E-state index in [1.165, 1.54) is 10.9 Å². The van der Waals surface area contributed by atoms with Crippen molar-refractivity contribution in [3.8, 4) is 0 Å². The number of fused-ring (bicyclic) bond motifs is 2. The fraction of sp³-hybridized carbons (Fsp3) is 0.238. The summed E-state index contributed by atoms with van der Waals surface area (Å²) in [7, 11) is 0. The summed E-state index contributed by atoms with van der Waals surface area (Å²) in [4.78, 5) is 25.6. The van der Waals surface area contributed by atoms with Crippen molar-refractivity contribution in [2.45, 2.75) is 18.8 Å². The van der Waals surface area contributed by atoms with Crippen LogP contribution in [0.25, 0.3) is 21.9 Å². The van der Waals surface area contributed by atoms with E-state index in [-0.39, 0.29) is 5.91 Å². The van der Waals surface area contributed by atoms with E-state index in [4.69, 9.17) is 0 Å². The Hall–Kier alpha value is -3.08. The van der Waals surface area contributed by atoms with Gasteiger partial charge in [-0.2, -0.15) is 0 Å². The van der Waals surface area contributed by atoms with E-state index in [2.05, 4.69) is 27.1 Å². The quantitative estimate of drug-likeness (QED) is 0.576. The van der Waals surface area contributed by atoms with Gasteiger partial charge in [-0.15, -0.1) is 0 Å². The van der Waals surface area contributed by atoms with Gasteiger partial charge in [0.2, 0.25) is 0 Å². The normalized spacial score (nSPS) is 15.8. The fourth-order valence-electron chi connectivity index (χ4n) is 4.10. The average molecular weight is 344 g/mol. The zero-order valence-electron chi connectivity index (χ0n) is 14.4. The summed E-state index contributed by atoms with van der Waals surface area (Å²) in [6.45, 7) is 1.58. The molecule has 130 valence electrons. The van der Waals surface area contributed by atoms with E-state index in [0.717, 1.165) is 48.0 Å². The molecule has 1 aliphatic rings. The van der Waals surface area contributed by atoms with Crippen LogP contribution in [0.4, 0.5) is 0 Å². The molecule has 5 nitrogen and oxygen atoms in total. The van der Waals surface area contributed by atoms with Crippen LogP contribution < -0.4 is 0 Å². The molecular weight excluding hydrogens is 324 g/mol. The Bertz CT molecular complexity index is 1090.